The van der Waals surface area contributed by atoms with Gasteiger partial charge in [0.05, 0.1) is 4.90 Å². The Morgan fingerprint density at radius 2 is 1.90 bits per heavy atom. The molecule has 1 fully saturated rings. The number of nitrogens with zero attached hydrogens (tertiary/aromatic N) is 2. The molecule has 21 heavy (non-hydrogen) atoms. The van der Waals surface area contributed by atoms with Crippen LogP contribution in [0, 0.1) is 5.92 Å². The second kappa shape index (κ2) is 6.21. The third kappa shape index (κ3) is 4.33. The molecule has 1 aliphatic rings. The van der Waals surface area contributed by atoms with E-state index in [4.69, 9.17) is 10.9 Å². The average Bonchev–Trinajstić information content (AvgIpc) is 2.39. The first kappa shape index (κ1) is 16.1. The van der Waals surface area contributed by atoms with E-state index in [0.717, 1.165) is 38.2 Å². The third-order valence-corrected chi connectivity index (χ3v) is 4.95. The Labute approximate surface area is 126 Å². The van der Waals surface area contributed by atoms with Gasteiger partial charge in [-0.15, -0.1) is 0 Å². The minimum atomic E-state index is -3.74. The third-order valence-electron chi connectivity index (χ3n) is 4.05. The van der Waals surface area contributed by atoms with E-state index in [-0.39, 0.29) is 4.90 Å². The van der Waals surface area contributed by atoms with Crippen LogP contribution in [0.4, 0.5) is 11.4 Å². The number of piperidine rings is 1. The van der Waals surface area contributed by atoms with Crippen LogP contribution in [-0.2, 0) is 10.0 Å². The summed E-state index contributed by atoms with van der Waals surface area (Å²) < 4.78 is 23.0. The Morgan fingerprint density at radius 1 is 1.29 bits per heavy atom. The molecule has 2 rings (SSSR count). The summed E-state index contributed by atoms with van der Waals surface area (Å²) in [5, 5.41) is 5.19. The average molecular weight is 312 g/mol. The molecule has 1 heterocycles. The zero-order chi connectivity index (χ0) is 15.6. The molecule has 7 heteroatoms. The van der Waals surface area contributed by atoms with Crippen LogP contribution in [0.2, 0.25) is 0 Å². The van der Waals surface area contributed by atoms with E-state index in [1.54, 1.807) is 12.1 Å². The number of primary sulfonamides is 1. The molecule has 0 saturated carbocycles. The summed E-state index contributed by atoms with van der Waals surface area (Å²) in [6.45, 7) is 3.11. The Bertz CT molecular complexity index is 595. The van der Waals surface area contributed by atoms with Gasteiger partial charge in [0.1, 0.15) is 0 Å². The van der Waals surface area contributed by atoms with Crippen LogP contribution in [0.1, 0.15) is 12.8 Å². The minimum absolute atomic E-state index is 0.0627. The van der Waals surface area contributed by atoms with E-state index in [1.807, 2.05) is 7.05 Å². The van der Waals surface area contributed by atoms with Crippen LogP contribution in [-0.4, -0.2) is 47.0 Å². The first-order valence-corrected chi connectivity index (χ1v) is 8.63. The van der Waals surface area contributed by atoms with Crippen molar-refractivity contribution in [3.63, 3.8) is 0 Å². The van der Waals surface area contributed by atoms with Gasteiger partial charge in [0.15, 0.2) is 0 Å². The van der Waals surface area contributed by atoms with Gasteiger partial charge in [-0.25, -0.2) is 13.6 Å². The van der Waals surface area contributed by atoms with Crippen LogP contribution >= 0.6 is 0 Å². The van der Waals surface area contributed by atoms with Crippen LogP contribution in [0.15, 0.2) is 23.1 Å². The van der Waals surface area contributed by atoms with Gasteiger partial charge in [0, 0.05) is 25.0 Å². The number of hydrogen-bond acceptors (Lipinski definition) is 5. The molecule has 1 saturated heterocycles. The largest absolute Gasteiger partial charge is 0.399 e. The predicted octanol–water partition coefficient (Wildman–Crippen LogP) is 0.694. The number of benzene rings is 1. The summed E-state index contributed by atoms with van der Waals surface area (Å²) in [7, 11) is 0.358. The summed E-state index contributed by atoms with van der Waals surface area (Å²) in [6.07, 6.45) is 2.32. The van der Waals surface area contributed by atoms with Crippen molar-refractivity contribution in [2.45, 2.75) is 17.7 Å². The number of likely N-dealkylation sites (tertiary alicyclic amines) is 1. The van der Waals surface area contributed by atoms with Gasteiger partial charge in [-0.05, 0) is 57.1 Å². The summed E-state index contributed by atoms with van der Waals surface area (Å²) in [5.74, 6) is 0.616. The van der Waals surface area contributed by atoms with Crippen molar-refractivity contribution < 1.29 is 8.42 Å². The maximum Gasteiger partial charge on any atom is 0.238 e. The van der Waals surface area contributed by atoms with Gasteiger partial charge in [-0.3, -0.25) is 0 Å². The molecule has 0 spiro atoms. The van der Waals surface area contributed by atoms with Gasteiger partial charge in [0.2, 0.25) is 10.0 Å². The fourth-order valence-electron chi connectivity index (χ4n) is 2.73. The predicted molar refractivity (Wildman–Crippen MR) is 85.7 cm³/mol. The van der Waals surface area contributed by atoms with Gasteiger partial charge in [-0.1, -0.05) is 0 Å². The molecule has 6 nitrogen and oxygen atoms in total. The Hall–Kier alpha value is -1.31. The summed E-state index contributed by atoms with van der Waals surface area (Å²) in [6, 6.07) is 4.76. The molecule has 118 valence electrons. The van der Waals surface area contributed by atoms with E-state index in [0.29, 0.717) is 11.6 Å². The highest BCUT2D eigenvalue weighted by molar-refractivity contribution is 7.89. The maximum absolute atomic E-state index is 11.5. The highest BCUT2D eigenvalue weighted by Crippen LogP contribution is 2.25. The number of sulfonamides is 1. The molecule has 0 atom stereocenters. The Morgan fingerprint density at radius 3 is 2.48 bits per heavy atom. The number of anilines is 2. The summed E-state index contributed by atoms with van der Waals surface area (Å²) >= 11 is 0. The van der Waals surface area contributed by atoms with Crippen LogP contribution in [0.3, 0.4) is 0 Å². The highest BCUT2D eigenvalue weighted by Gasteiger charge is 2.19. The molecule has 4 N–H and O–H groups in total. The van der Waals surface area contributed by atoms with E-state index >= 15 is 0 Å². The Kier molecular flexibility index (Phi) is 4.75. The van der Waals surface area contributed by atoms with Crippen molar-refractivity contribution in [3.8, 4) is 0 Å². The molecule has 0 aromatic heterocycles. The number of nitrogens with two attached hydrogens (primary N) is 2. The molecular formula is C14H24N4O2S. The van der Waals surface area contributed by atoms with Gasteiger partial charge in [0.25, 0.3) is 0 Å². The number of hydrogen-bond donors (Lipinski definition) is 2. The van der Waals surface area contributed by atoms with Crippen molar-refractivity contribution in [2.24, 2.45) is 11.1 Å². The van der Waals surface area contributed by atoms with Crippen LogP contribution in [0.25, 0.3) is 0 Å². The van der Waals surface area contributed by atoms with E-state index in [2.05, 4.69) is 16.8 Å². The molecule has 0 unspecified atom stereocenters. The Balaban J connectivity index is 2.12. The maximum atomic E-state index is 11.5. The first-order chi connectivity index (χ1) is 9.75. The number of rotatable bonds is 4. The molecule has 0 radical (unpaired) electrons. The standard InChI is InChI=1S/C14H24N4O2S/c1-17-5-3-11(4-6-17)10-18(2)13-7-12(15)8-14(9-13)21(16,19)20/h7-9,11H,3-6,10,15H2,1-2H3,(H2,16,19,20). The zero-order valence-electron chi connectivity index (χ0n) is 12.6. The van der Waals surface area contributed by atoms with Crippen LogP contribution < -0.4 is 15.8 Å². The van der Waals surface area contributed by atoms with Crippen molar-refractivity contribution in [2.75, 3.05) is 44.4 Å². The monoisotopic (exact) mass is 312 g/mol. The second-order valence-electron chi connectivity index (χ2n) is 5.93. The van der Waals surface area contributed by atoms with Crippen molar-refractivity contribution in [3.05, 3.63) is 18.2 Å². The van der Waals surface area contributed by atoms with Crippen molar-refractivity contribution in [1.82, 2.24) is 4.90 Å². The normalized spacial score (nSPS) is 17.9. The molecule has 0 aliphatic carbocycles. The quantitative estimate of drug-likeness (QED) is 0.798. The second-order valence-corrected chi connectivity index (χ2v) is 7.49. The SMILES string of the molecule is CN1CCC(CN(C)c2cc(N)cc(S(N)(=O)=O)c2)CC1. The van der Waals surface area contributed by atoms with Crippen LogP contribution in [0.5, 0.6) is 0 Å². The number of nitrogen functional groups attached to an aromatic ring is 1. The van der Waals surface area contributed by atoms with Crippen molar-refractivity contribution in [1.29, 1.82) is 0 Å². The lowest BCUT2D eigenvalue weighted by Gasteiger charge is -2.32. The lowest BCUT2D eigenvalue weighted by Crippen LogP contribution is -2.35. The summed E-state index contributed by atoms with van der Waals surface area (Å²) in [5.41, 5.74) is 6.99. The van der Waals surface area contributed by atoms with Gasteiger partial charge < -0.3 is 15.5 Å². The lowest BCUT2D eigenvalue weighted by atomic mass is 9.96. The molecule has 1 aromatic rings. The molecule has 0 bridgehead atoms. The van der Waals surface area contributed by atoms with Gasteiger partial charge >= 0.3 is 0 Å². The zero-order valence-corrected chi connectivity index (χ0v) is 13.4. The highest BCUT2D eigenvalue weighted by atomic mass is 32.2. The molecule has 1 aromatic carbocycles. The minimum Gasteiger partial charge on any atom is -0.399 e. The van der Waals surface area contributed by atoms with E-state index < -0.39 is 10.0 Å². The van der Waals surface area contributed by atoms with Crippen molar-refractivity contribution >= 4 is 21.4 Å². The fourth-order valence-corrected chi connectivity index (χ4v) is 3.31. The van der Waals surface area contributed by atoms with E-state index in [9.17, 15) is 8.42 Å². The smallest absolute Gasteiger partial charge is 0.238 e. The molecular weight excluding hydrogens is 288 g/mol. The summed E-state index contributed by atoms with van der Waals surface area (Å²) in [4.78, 5) is 4.45. The first-order valence-electron chi connectivity index (χ1n) is 7.09. The topological polar surface area (TPSA) is 92.7 Å². The fraction of sp³-hybridized carbons (Fsp3) is 0.571. The van der Waals surface area contributed by atoms with E-state index in [1.165, 1.54) is 6.07 Å². The molecule has 0 amide bonds. The lowest BCUT2D eigenvalue weighted by molar-refractivity contribution is 0.222. The van der Waals surface area contributed by atoms with Gasteiger partial charge in [-0.2, -0.15) is 0 Å². The molecule has 1 aliphatic heterocycles.